The highest BCUT2D eigenvalue weighted by molar-refractivity contribution is 7.00. The van der Waals surface area contributed by atoms with Gasteiger partial charge in [-0.15, -0.1) is 0 Å². The number of anilines is 3. The van der Waals surface area contributed by atoms with Gasteiger partial charge < -0.3 is 16.2 Å². The molecule has 6 nitrogen and oxygen atoms in total. The first kappa shape index (κ1) is 13.6. The van der Waals surface area contributed by atoms with Gasteiger partial charge in [-0.25, -0.2) is 4.79 Å². The molecular weight excluding hydrogens is 312 g/mol. The first-order valence-electron chi connectivity index (χ1n) is 5.87. The second-order valence-electron chi connectivity index (χ2n) is 4.29. The van der Waals surface area contributed by atoms with E-state index in [1.165, 1.54) is 12.1 Å². The summed E-state index contributed by atoms with van der Waals surface area (Å²) in [5.74, 6) is -1.06. The molecule has 0 saturated carbocycles. The molecule has 0 spiro atoms. The molecule has 0 bridgehead atoms. The third-order valence-electron chi connectivity index (χ3n) is 2.91. The van der Waals surface area contributed by atoms with Gasteiger partial charge in [0.15, 0.2) is 0 Å². The number of aromatic nitrogens is 2. The van der Waals surface area contributed by atoms with Crippen molar-refractivity contribution in [2.45, 2.75) is 0 Å². The average Bonchev–Trinajstić information content (AvgIpc) is 2.90. The van der Waals surface area contributed by atoms with Crippen LogP contribution in [0.3, 0.4) is 0 Å². The smallest absolute Gasteiger partial charge is 0.337 e. The Bertz CT molecular complexity index is 849. The molecule has 3 aromatic rings. The fraction of sp³-hybridized carbons (Fsp3) is 0. The van der Waals surface area contributed by atoms with Crippen LogP contribution >= 0.6 is 23.3 Å². The lowest BCUT2D eigenvalue weighted by Crippen LogP contribution is -2.04. The van der Waals surface area contributed by atoms with E-state index < -0.39 is 5.97 Å². The van der Waals surface area contributed by atoms with Crippen LogP contribution in [0.4, 0.5) is 17.1 Å². The summed E-state index contributed by atoms with van der Waals surface area (Å²) in [6.45, 7) is 0. The van der Waals surface area contributed by atoms with Crippen LogP contribution < -0.4 is 11.1 Å². The van der Waals surface area contributed by atoms with E-state index in [9.17, 15) is 9.90 Å². The number of nitrogens with two attached hydrogens (primary N) is 1. The second-order valence-corrected chi connectivity index (χ2v) is 5.23. The number of hydrogen-bond donors (Lipinski definition) is 3. The van der Waals surface area contributed by atoms with E-state index in [4.69, 9.17) is 17.3 Å². The molecule has 1 heterocycles. The minimum absolute atomic E-state index is 0.0976. The predicted octanol–water partition coefficient (Wildman–Crippen LogP) is 3.37. The van der Waals surface area contributed by atoms with E-state index in [1.54, 1.807) is 18.2 Å². The zero-order chi connectivity index (χ0) is 15.0. The lowest BCUT2D eigenvalue weighted by molar-refractivity contribution is 0.0698. The summed E-state index contributed by atoms with van der Waals surface area (Å²) in [6, 6.07) is 7.94. The van der Waals surface area contributed by atoms with Crippen LogP contribution in [0.5, 0.6) is 0 Å². The molecule has 106 valence electrons. The predicted molar refractivity (Wildman–Crippen MR) is 83.5 cm³/mol. The van der Waals surface area contributed by atoms with Crippen LogP contribution in [0.2, 0.25) is 5.02 Å². The monoisotopic (exact) mass is 320 g/mol. The number of hydrogen-bond acceptors (Lipinski definition) is 6. The first-order chi connectivity index (χ1) is 10.1. The number of halogens is 1. The molecule has 0 atom stereocenters. The van der Waals surface area contributed by atoms with Gasteiger partial charge in [0, 0.05) is 5.69 Å². The molecule has 0 fully saturated rings. The highest BCUT2D eigenvalue weighted by Crippen LogP contribution is 2.34. The molecule has 8 heteroatoms. The topological polar surface area (TPSA) is 101 Å². The SMILES string of the molecule is Nc1ccc(C(=O)O)c(Nc2c(Cl)ccc3nsnc23)c1. The van der Waals surface area contributed by atoms with Crippen LogP contribution in [0.1, 0.15) is 10.4 Å². The van der Waals surface area contributed by atoms with Gasteiger partial charge in [0.2, 0.25) is 0 Å². The van der Waals surface area contributed by atoms with Crippen molar-refractivity contribution in [2.24, 2.45) is 0 Å². The Kier molecular flexibility index (Phi) is 3.36. The molecule has 0 aliphatic heterocycles. The van der Waals surface area contributed by atoms with Crippen molar-refractivity contribution in [3.63, 3.8) is 0 Å². The highest BCUT2D eigenvalue weighted by Gasteiger charge is 2.15. The molecular formula is C13H9ClN4O2S. The number of carboxylic acids is 1. The summed E-state index contributed by atoms with van der Waals surface area (Å²) in [4.78, 5) is 11.3. The highest BCUT2D eigenvalue weighted by atomic mass is 35.5. The summed E-state index contributed by atoms with van der Waals surface area (Å²) in [7, 11) is 0. The van der Waals surface area contributed by atoms with Gasteiger partial charge in [0.05, 0.1) is 33.7 Å². The van der Waals surface area contributed by atoms with E-state index in [1.807, 2.05) is 0 Å². The van der Waals surface area contributed by atoms with Gasteiger partial charge in [-0.1, -0.05) is 11.6 Å². The average molecular weight is 321 g/mol. The molecule has 0 unspecified atom stereocenters. The Balaban J connectivity index is 2.14. The Morgan fingerprint density at radius 2 is 2.10 bits per heavy atom. The van der Waals surface area contributed by atoms with Crippen LogP contribution in [-0.4, -0.2) is 19.8 Å². The lowest BCUT2D eigenvalue weighted by atomic mass is 10.1. The Labute approximate surface area is 128 Å². The summed E-state index contributed by atoms with van der Waals surface area (Å²) in [5.41, 5.74) is 8.40. The number of benzene rings is 2. The molecule has 2 aromatic carbocycles. The largest absolute Gasteiger partial charge is 0.478 e. The second kappa shape index (κ2) is 5.19. The number of nitrogens with one attached hydrogen (secondary N) is 1. The van der Waals surface area contributed by atoms with Gasteiger partial charge in [-0.3, -0.25) is 0 Å². The van der Waals surface area contributed by atoms with Crippen LogP contribution in [0.15, 0.2) is 30.3 Å². The number of rotatable bonds is 3. The lowest BCUT2D eigenvalue weighted by Gasteiger charge is -2.12. The molecule has 0 aliphatic carbocycles. The van der Waals surface area contributed by atoms with Crippen molar-refractivity contribution in [2.75, 3.05) is 11.1 Å². The zero-order valence-corrected chi connectivity index (χ0v) is 12.1. The first-order valence-corrected chi connectivity index (χ1v) is 6.97. The fourth-order valence-electron chi connectivity index (χ4n) is 1.93. The third-order valence-corrected chi connectivity index (χ3v) is 3.77. The number of carbonyl (C=O) groups is 1. The minimum atomic E-state index is -1.06. The Morgan fingerprint density at radius 1 is 1.29 bits per heavy atom. The van der Waals surface area contributed by atoms with Gasteiger partial charge in [-0.05, 0) is 30.3 Å². The summed E-state index contributed by atoms with van der Waals surface area (Å²) >= 11 is 7.24. The summed E-state index contributed by atoms with van der Waals surface area (Å²) < 4.78 is 8.31. The van der Waals surface area contributed by atoms with Crippen LogP contribution in [0, 0.1) is 0 Å². The van der Waals surface area contributed by atoms with Crippen molar-refractivity contribution >= 4 is 57.4 Å². The number of nitrogens with zero attached hydrogens (tertiary/aromatic N) is 2. The van der Waals surface area contributed by atoms with Crippen molar-refractivity contribution in [3.05, 3.63) is 40.9 Å². The van der Waals surface area contributed by atoms with E-state index >= 15 is 0 Å². The van der Waals surface area contributed by atoms with Crippen molar-refractivity contribution < 1.29 is 9.90 Å². The number of aromatic carboxylic acids is 1. The van der Waals surface area contributed by atoms with Gasteiger partial charge in [-0.2, -0.15) is 8.75 Å². The standard InChI is InChI=1S/C13H9ClN4O2S/c14-8-3-4-9-12(18-21-17-9)11(8)16-10-5-6(15)1-2-7(10)13(19)20/h1-5,16H,15H2,(H,19,20). The number of nitrogen functional groups attached to an aromatic ring is 1. The molecule has 1 aromatic heterocycles. The summed E-state index contributed by atoms with van der Waals surface area (Å²) in [6.07, 6.45) is 0. The van der Waals surface area contributed by atoms with E-state index in [-0.39, 0.29) is 5.56 Å². The third kappa shape index (κ3) is 2.48. The zero-order valence-electron chi connectivity index (χ0n) is 10.5. The fourth-order valence-corrected chi connectivity index (χ4v) is 2.67. The maximum Gasteiger partial charge on any atom is 0.337 e. The molecule has 4 N–H and O–H groups in total. The maximum absolute atomic E-state index is 11.3. The quantitative estimate of drug-likeness (QED) is 0.640. The number of fused-ring (bicyclic) bond motifs is 1. The number of carboxylic acid groups (broad SMARTS) is 1. The van der Waals surface area contributed by atoms with E-state index in [0.717, 1.165) is 11.7 Å². The minimum Gasteiger partial charge on any atom is -0.478 e. The van der Waals surface area contributed by atoms with Crippen LogP contribution in [-0.2, 0) is 0 Å². The van der Waals surface area contributed by atoms with Gasteiger partial charge in [0.25, 0.3) is 0 Å². The molecule has 0 aliphatic rings. The van der Waals surface area contributed by atoms with Gasteiger partial charge in [0.1, 0.15) is 11.0 Å². The molecule has 0 radical (unpaired) electrons. The van der Waals surface area contributed by atoms with Crippen molar-refractivity contribution in [1.29, 1.82) is 0 Å². The summed E-state index contributed by atoms with van der Waals surface area (Å²) in [5, 5.41) is 12.7. The maximum atomic E-state index is 11.3. The molecule has 0 amide bonds. The Hall–Kier alpha value is -2.38. The molecule has 3 rings (SSSR count). The van der Waals surface area contributed by atoms with Crippen molar-refractivity contribution in [3.8, 4) is 0 Å². The van der Waals surface area contributed by atoms with Crippen molar-refractivity contribution in [1.82, 2.24) is 8.75 Å². The normalized spacial score (nSPS) is 10.7. The van der Waals surface area contributed by atoms with Crippen LogP contribution in [0.25, 0.3) is 11.0 Å². The molecule has 21 heavy (non-hydrogen) atoms. The molecule has 0 saturated heterocycles. The van der Waals surface area contributed by atoms with E-state index in [0.29, 0.717) is 33.1 Å². The van der Waals surface area contributed by atoms with E-state index in [2.05, 4.69) is 14.1 Å². The Morgan fingerprint density at radius 3 is 2.86 bits per heavy atom. The van der Waals surface area contributed by atoms with Gasteiger partial charge >= 0.3 is 5.97 Å².